The molecule has 0 amide bonds. The van der Waals surface area contributed by atoms with E-state index in [0.717, 1.165) is 12.8 Å². The van der Waals surface area contributed by atoms with Crippen LogP contribution in [0.3, 0.4) is 0 Å². The summed E-state index contributed by atoms with van der Waals surface area (Å²) < 4.78 is 2.17. The second kappa shape index (κ2) is 3.31. The topological polar surface area (TPSA) is 34.4 Å². The number of aryl methyl sites for hydroxylation is 1. The van der Waals surface area contributed by atoms with Crippen molar-refractivity contribution in [3.05, 3.63) is 35.5 Å². The smallest absolute Gasteiger partial charge is 0.235 e. The molecule has 2 aromatic rings. The molecule has 1 aromatic carbocycles. The van der Waals surface area contributed by atoms with Crippen molar-refractivity contribution in [2.24, 2.45) is 12.0 Å². The van der Waals surface area contributed by atoms with Crippen LogP contribution in [0.1, 0.15) is 24.1 Å². The Morgan fingerprint density at radius 3 is 2.71 bits per heavy atom. The van der Waals surface area contributed by atoms with E-state index in [2.05, 4.69) is 35.7 Å². The van der Waals surface area contributed by atoms with Crippen molar-refractivity contribution in [3.63, 3.8) is 0 Å². The fraction of sp³-hybridized carbons (Fsp3) is 0.357. The molecule has 0 bridgehead atoms. The molecule has 0 aliphatic heterocycles. The van der Waals surface area contributed by atoms with Gasteiger partial charge in [-0.3, -0.25) is 0 Å². The number of benzene rings is 1. The first-order chi connectivity index (χ1) is 8.19. The van der Waals surface area contributed by atoms with Gasteiger partial charge in [-0.05, 0) is 25.8 Å². The van der Waals surface area contributed by atoms with E-state index in [9.17, 15) is 4.79 Å². The largest absolute Gasteiger partial charge is 0.348 e. The molecule has 0 N–H and O–H groups in total. The van der Waals surface area contributed by atoms with Crippen LogP contribution in [0.5, 0.6) is 0 Å². The van der Waals surface area contributed by atoms with E-state index in [-0.39, 0.29) is 5.54 Å². The van der Waals surface area contributed by atoms with E-state index < -0.39 is 0 Å². The van der Waals surface area contributed by atoms with Crippen LogP contribution in [-0.2, 0) is 17.4 Å². The molecular formula is C14H14N2O. The molecule has 1 heterocycles. The number of fused-ring (bicyclic) bond motifs is 1. The summed E-state index contributed by atoms with van der Waals surface area (Å²) in [6.07, 6.45) is 3.65. The Morgan fingerprint density at radius 2 is 2.06 bits per heavy atom. The minimum absolute atomic E-state index is 0.285. The zero-order valence-electron chi connectivity index (χ0n) is 10.0. The highest BCUT2D eigenvalue weighted by atomic mass is 16.1. The van der Waals surface area contributed by atoms with Crippen LogP contribution >= 0.6 is 0 Å². The molecule has 0 atom stereocenters. The summed E-state index contributed by atoms with van der Waals surface area (Å²) in [4.78, 5) is 14.6. The first-order valence-corrected chi connectivity index (χ1v) is 5.83. The van der Waals surface area contributed by atoms with Crippen LogP contribution in [0, 0.1) is 6.92 Å². The summed E-state index contributed by atoms with van der Waals surface area (Å²) >= 11 is 0. The second-order valence-electron chi connectivity index (χ2n) is 4.77. The summed E-state index contributed by atoms with van der Waals surface area (Å²) in [5.41, 5.74) is 3.32. The number of carbonyl (C=O) groups excluding carboxylic acids is 1. The van der Waals surface area contributed by atoms with Crippen LogP contribution in [0.15, 0.2) is 29.3 Å². The third-order valence-corrected chi connectivity index (χ3v) is 3.85. The summed E-state index contributed by atoms with van der Waals surface area (Å²) in [5, 5.41) is 1.21. The fourth-order valence-corrected chi connectivity index (χ4v) is 2.73. The number of aromatic nitrogens is 1. The maximum Gasteiger partial charge on any atom is 0.235 e. The van der Waals surface area contributed by atoms with Gasteiger partial charge in [0.25, 0.3) is 0 Å². The predicted octanol–water partition coefficient (Wildman–Crippen LogP) is 2.81. The SMILES string of the molecule is Cc1c(C2(N=C=O)CC2)c2ccccc2n1C. The van der Waals surface area contributed by atoms with Crippen LogP contribution < -0.4 is 0 Å². The highest BCUT2D eigenvalue weighted by Gasteiger charge is 2.47. The minimum Gasteiger partial charge on any atom is -0.348 e. The molecule has 0 unspecified atom stereocenters. The Bertz CT molecular complexity index is 644. The highest BCUT2D eigenvalue weighted by Crippen LogP contribution is 2.53. The first kappa shape index (κ1) is 10.3. The van der Waals surface area contributed by atoms with Gasteiger partial charge in [0.1, 0.15) is 5.54 Å². The lowest BCUT2D eigenvalue weighted by Gasteiger charge is -2.08. The lowest BCUT2D eigenvalue weighted by atomic mass is 10.0. The van der Waals surface area contributed by atoms with E-state index in [0.29, 0.717) is 0 Å². The Labute approximate surface area is 99.8 Å². The monoisotopic (exact) mass is 226 g/mol. The number of hydrogen-bond acceptors (Lipinski definition) is 2. The Balaban J connectivity index is 2.37. The molecule has 1 fully saturated rings. The van der Waals surface area contributed by atoms with Gasteiger partial charge < -0.3 is 4.57 Å². The van der Waals surface area contributed by atoms with Crippen molar-refractivity contribution in [1.29, 1.82) is 0 Å². The Hall–Kier alpha value is -1.86. The molecule has 1 saturated carbocycles. The molecule has 0 spiro atoms. The molecule has 17 heavy (non-hydrogen) atoms. The number of rotatable bonds is 2. The Kier molecular flexibility index (Phi) is 2.01. The molecule has 0 radical (unpaired) electrons. The molecular weight excluding hydrogens is 212 g/mol. The number of aliphatic imine (C=N–C) groups is 1. The first-order valence-electron chi connectivity index (χ1n) is 5.83. The van der Waals surface area contributed by atoms with Gasteiger partial charge in [0.05, 0.1) is 0 Å². The van der Waals surface area contributed by atoms with Crippen molar-refractivity contribution in [2.45, 2.75) is 25.3 Å². The van der Waals surface area contributed by atoms with Gasteiger partial charge >= 0.3 is 0 Å². The maximum absolute atomic E-state index is 10.6. The fourth-order valence-electron chi connectivity index (χ4n) is 2.73. The van der Waals surface area contributed by atoms with Crippen LogP contribution in [-0.4, -0.2) is 10.6 Å². The summed E-state index contributed by atoms with van der Waals surface area (Å²) in [5.74, 6) is 0. The lowest BCUT2D eigenvalue weighted by Crippen LogP contribution is -2.04. The lowest BCUT2D eigenvalue weighted by molar-refractivity contribution is 0.556. The van der Waals surface area contributed by atoms with E-state index in [1.807, 2.05) is 12.1 Å². The van der Waals surface area contributed by atoms with Crippen molar-refractivity contribution >= 4 is 17.0 Å². The number of nitrogens with zero attached hydrogens (tertiary/aromatic N) is 2. The Morgan fingerprint density at radius 1 is 1.35 bits per heavy atom. The number of hydrogen-bond donors (Lipinski definition) is 0. The minimum atomic E-state index is -0.285. The van der Waals surface area contributed by atoms with Gasteiger partial charge in [0.15, 0.2) is 0 Å². The molecule has 0 saturated heterocycles. The third-order valence-electron chi connectivity index (χ3n) is 3.85. The van der Waals surface area contributed by atoms with Crippen LogP contribution in [0.25, 0.3) is 10.9 Å². The molecule has 1 aliphatic carbocycles. The molecule has 3 nitrogen and oxygen atoms in total. The van der Waals surface area contributed by atoms with E-state index >= 15 is 0 Å². The van der Waals surface area contributed by atoms with Gasteiger partial charge in [0.2, 0.25) is 6.08 Å². The van der Waals surface area contributed by atoms with Crippen molar-refractivity contribution < 1.29 is 4.79 Å². The normalized spacial score (nSPS) is 16.8. The van der Waals surface area contributed by atoms with Gasteiger partial charge in [-0.15, -0.1) is 0 Å². The second-order valence-corrected chi connectivity index (χ2v) is 4.77. The van der Waals surface area contributed by atoms with E-state index in [1.54, 1.807) is 6.08 Å². The summed E-state index contributed by atoms with van der Waals surface area (Å²) in [6.45, 7) is 2.09. The summed E-state index contributed by atoms with van der Waals surface area (Å²) in [6, 6.07) is 8.28. The molecule has 1 aromatic heterocycles. The average molecular weight is 226 g/mol. The number of isocyanates is 1. The highest BCUT2D eigenvalue weighted by molar-refractivity contribution is 5.87. The molecule has 1 aliphatic rings. The van der Waals surface area contributed by atoms with Crippen LogP contribution in [0.2, 0.25) is 0 Å². The maximum atomic E-state index is 10.6. The van der Waals surface area contributed by atoms with Crippen molar-refractivity contribution in [2.75, 3.05) is 0 Å². The van der Waals surface area contributed by atoms with Gasteiger partial charge in [-0.25, -0.2) is 4.79 Å². The predicted molar refractivity (Wildman–Crippen MR) is 66.7 cm³/mol. The molecule has 86 valence electrons. The quantitative estimate of drug-likeness (QED) is 0.572. The third kappa shape index (κ3) is 1.29. The average Bonchev–Trinajstić information content (AvgIpc) is 3.05. The molecule has 3 rings (SSSR count). The van der Waals surface area contributed by atoms with Crippen molar-refractivity contribution in [3.8, 4) is 0 Å². The van der Waals surface area contributed by atoms with Gasteiger partial charge in [-0.2, -0.15) is 4.99 Å². The van der Waals surface area contributed by atoms with Crippen LogP contribution in [0.4, 0.5) is 0 Å². The summed E-state index contributed by atoms with van der Waals surface area (Å²) in [7, 11) is 2.06. The van der Waals surface area contributed by atoms with Gasteiger partial charge in [-0.1, -0.05) is 18.2 Å². The standard InChI is InChI=1S/C14H14N2O/c1-10-13(14(7-8-14)15-9-17)11-5-3-4-6-12(11)16(10)2/h3-6H,7-8H2,1-2H3. The number of para-hydroxylation sites is 1. The molecule has 3 heteroatoms. The zero-order valence-corrected chi connectivity index (χ0v) is 10.0. The van der Waals surface area contributed by atoms with E-state index in [1.165, 1.54) is 22.2 Å². The van der Waals surface area contributed by atoms with E-state index in [4.69, 9.17) is 0 Å². The zero-order chi connectivity index (χ0) is 12.0. The van der Waals surface area contributed by atoms with Crippen molar-refractivity contribution in [1.82, 2.24) is 4.57 Å². The van der Waals surface area contributed by atoms with Gasteiger partial charge in [0, 0.05) is 29.2 Å².